The Balaban J connectivity index is 2.15. The third-order valence-electron chi connectivity index (χ3n) is 3.20. The van der Waals surface area contributed by atoms with Gasteiger partial charge in [0.2, 0.25) is 0 Å². The topological polar surface area (TPSA) is 71.1 Å². The number of hydrogen-bond acceptors (Lipinski definition) is 3. The van der Waals surface area contributed by atoms with Gasteiger partial charge in [-0.1, -0.05) is 19.1 Å². The highest BCUT2D eigenvalue weighted by Gasteiger charge is 2.30. The summed E-state index contributed by atoms with van der Waals surface area (Å²) >= 11 is 0. The molecule has 0 aliphatic carbocycles. The van der Waals surface area contributed by atoms with Crippen molar-refractivity contribution in [2.75, 3.05) is 11.9 Å². The van der Waals surface area contributed by atoms with Crippen LogP contribution < -0.4 is 10.6 Å². The predicted molar refractivity (Wildman–Crippen MR) is 86.3 cm³/mol. The van der Waals surface area contributed by atoms with Crippen molar-refractivity contribution in [2.24, 2.45) is 0 Å². The lowest BCUT2D eigenvalue weighted by Crippen LogP contribution is -2.26. The average Bonchev–Trinajstić information content (AvgIpc) is 2.59. The van der Waals surface area contributed by atoms with Gasteiger partial charge in [0.05, 0.1) is 5.56 Å². The van der Waals surface area contributed by atoms with Gasteiger partial charge < -0.3 is 10.6 Å². The maximum atomic E-state index is 12.7. The molecule has 0 aliphatic rings. The van der Waals surface area contributed by atoms with Crippen molar-refractivity contribution in [2.45, 2.75) is 19.5 Å². The molecule has 1 aromatic heterocycles. The van der Waals surface area contributed by atoms with Crippen molar-refractivity contribution in [1.29, 1.82) is 0 Å². The van der Waals surface area contributed by atoms with Crippen LogP contribution in [0.25, 0.3) is 0 Å². The molecule has 0 saturated heterocycles. The monoisotopic (exact) mass is 351 g/mol. The minimum Gasteiger partial charge on any atom is -0.351 e. The van der Waals surface area contributed by atoms with Crippen molar-refractivity contribution >= 4 is 17.5 Å². The molecule has 0 atom stereocenters. The fourth-order valence-corrected chi connectivity index (χ4v) is 1.99. The van der Waals surface area contributed by atoms with Gasteiger partial charge in [0.25, 0.3) is 11.8 Å². The Bertz CT molecular complexity index is 776. The molecule has 5 nitrogen and oxygen atoms in total. The second-order valence-electron chi connectivity index (χ2n) is 5.20. The number of nitrogens with one attached hydrogen (secondary N) is 2. The molecule has 2 amide bonds. The SMILES string of the molecule is CCCNC(=O)c1cccc(C(=O)Nc2cccc(C(F)(F)F)c2)n1. The van der Waals surface area contributed by atoms with Crippen molar-refractivity contribution in [3.63, 3.8) is 0 Å². The van der Waals surface area contributed by atoms with Crippen LogP contribution in [-0.4, -0.2) is 23.3 Å². The quantitative estimate of drug-likeness (QED) is 0.866. The Morgan fingerprint density at radius 2 is 1.68 bits per heavy atom. The molecule has 132 valence electrons. The Morgan fingerprint density at radius 1 is 1.04 bits per heavy atom. The Morgan fingerprint density at radius 3 is 2.32 bits per heavy atom. The molecule has 0 fully saturated rings. The molecular formula is C17H16F3N3O2. The van der Waals surface area contributed by atoms with E-state index in [1.54, 1.807) is 0 Å². The van der Waals surface area contributed by atoms with Crippen LogP contribution in [0.15, 0.2) is 42.5 Å². The van der Waals surface area contributed by atoms with E-state index in [4.69, 9.17) is 0 Å². The average molecular weight is 351 g/mol. The largest absolute Gasteiger partial charge is 0.416 e. The molecule has 0 unspecified atom stereocenters. The molecular weight excluding hydrogens is 335 g/mol. The fraction of sp³-hybridized carbons (Fsp3) is 0.235. The lowest BCUT2D eigenvalue weighted by Gasteiger charge is -2.10. The van der Waals surface area contributed by atoms with Crippen molar-refractivity contribution < 1.29 is 22.8 Å². The van der Waals surface area contributed by atoms with Crippen molar-refractivity contribution in [3.05, 3.63) is 59.4 Å². The lowest BCUT2D eigenvalue weighted by molar-refractivity contribution is -0.137. The molecule has 2 N–H and O–H groups in total. The summed E-state index contributed by atoms with van der Waals surface area (Å²) in [6, 6.07) is 8.58. The number of carbonyl (C=O) groups is 2. The maximum Gasteiger partial charge on any atom is 0.416 e. The fourth-order valence-electron chi connectivity index (χ4n) is 1.99. The summed E-state index contributed by atoms with van der Waals surface area (Å²) in [6.07, 6.45) is -3.75. The van der Waals surface area contributed by atoms with E-state index in [0.717, 1.165) is 18.6 Å². The van der Waals surface area contributed by atoms with Gasteiger partial charge >= 0.3 is 6.18 Å². The zero-order valence-electron chi connectivity index (χ0n) is 13.4. The minimum absolute atomic E-state index is 0.0116. The number of aromatic nitrogens is 1. The number of carbonyl (C=O) groups excluding carboxylic acids is 2. The number of rotatable bonds is 5. The van der Waals surface area contributed by atoms with E-state index < -0.39 is 23.6 Å². The number of hydrogen-bond donors (Lipinski definition) is 2. The van der Waals surface area contributed by atoms with Crippen molar-refractivity contribution in [3.8, 4) is 0 Å². The smallest absolute Gasteiger partial charge is 0.351 e. The Hall–Kier alpha value is -2.90. The first-order chi connectivity index (χ1) is 11.8. The van der Waals surface area contributed by atoms with E-state index in [9.17, 15) is 22.8 Å². The molecule has 0 spiro atoms. The van der Waals surface area contributed by atoms with Crippen LogP contribution >= 0.6 is 0 Å². The molecule has 0 bridgehead atoms. The zero-order chi connectivity index (χ0) is 18.4. The molecule has 25 heavy (non-hydrogen) atoms. The van der Waals surface area contributed by atoms with Crippen LogP contribution in [0, 0.1) is 0 Å². The summed E-state index contributed by atoms with van der Waals surface area (Å²) < 4.78 is 38.1. The molecule has 1 heterocycles. The van der Waals surface area contributed by atoms with Gasteiger partial charge in [0.1, 0.15) is 11.4 Å². The highest BCUT2D eigenvalue weighted by Crippen LogP contribution is 2.30. The second-order valence-corrected chi connectivity index (χ2v) is 5.20. The number of amides is 2. The van der Waals surface area contributed by atoms with Gasteiger partial charge in [-0.25, -0.2) is 4.98 Å². The van der Waals surface area contributed by atoms with Crippen molar-refractivity contribution in [1.82, 2.24) is 10.3 Å². The third kappa shape index (κ3) is 5.03. The number of benzene rings is 1. The number of pyridine rings is 1. The van der Waals surface area contributed by atoms with E-state index in [0.29, 0.717) is 6.54 Å². The van der Waals surface area contributed by atoms with Gasteiger partial charge in [0, 0.05) is 12.2 Å². The summed E-state index contributed by atoms with van der Waals surface area (Å²) in [7, 11) is 0. The number of halogens is 3. The van der Waals surface area contributed by atoms with Gasteiger partial charge in [-0.3, -0.25) is 9.59 Å². The first-order valence-corrected chi connectivity index (χ1v) is 7.55. The van der Waals surface area contributed by atoms with E-state index in [-0.39, 0.29) is 17.1 Å². The van der Waals surface area contributed by atoms with Crippen LogP contribution in [0.4, 0.5) is 18.9 Å². The highest BCUT2D eigenvalue weighted by atomic mass is 19.4. The van der Waals surface area contributed by atoms with Gasteiger partial charge in [-0.05, 0) is 36.8 Å². The van der Waals surface area contributed by atoms with Crippen LogP contribution in [0.5, 0.6) is 0 Å². The van der Waals surface area contributed by atoms with Crippen LogP contribution in [0.3, 0.4) is 0 Å². The van der Waals surface area contributed by atoms with Gasteiger partial charge in [-0.2, -0.15) is 13.2 Å². The van der Waals surface area contributed by atoms with Crippen LogP contribution in [0.1, 0.15) is 39.9 Å². The normalized spacial score (nSPS) is 11.0. The summed E-state index contributed by atoms with van der Waals surface area (Å²) in [6.45, 7) is 2.37. The van der Waals surface area contributed by atoms with E-state index in [2.05, 4.69) is 15.6 Å². The summed E-state index contributed by atoms with van der Waals surface area (Å²) in [5.74, 6) is -1.12. The number of alkyl halides is 3. The molecule has 8 heteroatoms. The molecule has 2 rings (SSSR count). The summed E-state index contributed by atoms with van der Waals surface area (Å²) in [5.41, 5.74) is -0.889. The van der Waals surface area contributed by atoms with E-state index in [1.165, 1.54) is 30.3 Å². The summed E-state index contributed by atoms with van der Waals surface area (Å²) in [4.78, 5) is 28.0. The molecule has 0 radical (unpaired) electrons. The number of nitrogens with zero attached hydrogens (tertiary/aromatic N) is 1. The van der Waals surface area contributed by atoms with Crippen LogP contribution in [-0.2, 0) is 6.18 Å². The van der Waals surface area contributed by atoms with E-state index in [1.807, 2.05) is 6.92 Å². The third-order valence-corrected chi connectivity index (χ3v) is 3.20. The lowest BCUT2D eigenvalue weighted by atomic mass is 10.2. The molecule has 2 aromatic rings. The predicted octanol–water partition coefficient (Wildman–Crippen LogP) is 3.49. The summed E-state index contributed by atoms with van der Waals surface area (Å²) in [5, 5.41) is 4.98. The maximum absolute atomic E-state index is 12.7. The second kappa shape index (κ2) is 7.78. The molecule has 0 saturated carbocycles. The Labute approximate surface area is 142 Å². The van der Waals surface area contributed by atoms with Gasteiger partial charge in [0.15, 0.2) is 0 Å². The van der Waals surface area contributed by atoms with E-state index >= 15 is 0 Å². The Kier molecular flexibility index (Phi) is 5.74. The first kappa shape index (κ1) is 18.4. The highest BCUT2D eigenvalue weighted by molar-refractivity contribution is 6.03. The molecule has 1 aromatic carbocycles. The first-order valence-electron chi connectivity index (χ1n) is 7.55. The van der Waals surface area contributed by atoms with Gasteiger partial charge in [-0.15, -0.1) is 0 Å². The van der Waals surface area contributed by atoms with Crippen LogP contribution in [0.2, 0.25) is 0 Å². The standard InChI is InChI=1S/C17H16F3N3O2/c1-2-9-21-15(24)13-7-4-8-14(23-13)16(25)22-12-6-3-5-11(10-12)17(18,19)20/h3-8,10H,2,9H2,1H3,(H,21,24)(H,22,25). The zero-order valence-corrected chi connectivity index (χ0v) is 13.4. The number of anilines is 1. The molecule has 0 aliphatic heterocycles. The minimum atomic E-state index is -4.50.